The van der Waals surface area contributed by atoms with Gasteiger partial charge in [-0.15, -0.1) is 0 Å². The second-order valence-corrected chi connectivity index (χ2v) is 6.40. The molecule has 0 aliphatic rings. The molecule has 0 spiro atoms. The van der Waals surface area contributed by atoms with Gasteiger partial charge in [-0.25, -0.2) is 4.39 Å². The Bertz CT molecular complexity index is 614. The van der Waals surface area contributed by atoms with Gasteiger partial charge in [0.2, 0.25) is 0 Å². The number of phenols is 1. The molecule has 0 saturated heterocycles. The van der Waals surface area contributed by atoms with Crippen LogP contribution in [0.5, 0.6) is 5.75 Å². The Kier molecular flexibility index (Phi) is 4.21. The van der Waals surface area contributed by atoms with E-state index in [0.29, 0.717) is 5.56 Å². The first-order valence-corrected chi connectivity index (χ1v) is 7.13. The summed E-state index contributed by atoms with van der Waals surface area (Å²) in [7, 11) is 0. The van der Waals surface area contributed by atoms with Gasteiger partial charge in [-0.05, 0) is 36.1 Å². The summed E-state index contributed by atoms with van der Waals surface area (Å²) in [6.45, 7) is 8.46. The molecule has 0 amide bonds. The predicted molar refractivity (Wildman–Crippen MR) is 85.2 cm³/mol. The van der Waals surface area contributed by atoms with Crippen LogP contribution < -0.4 is 5.32 Å². The Labute approximate surface area is 125 Å². The predicted octanol–water partition coefficient (Wildman–Crippen LogP) is 5.00. The van der Waals surface area contributed by atoms with Crippen molar-refractivity contribution in [3.05, 3.63) is 59.4 Å². The third-order valence-corrected chi connectivity index (χ3v) is 3.59. The number of benzene rings is 2. The summed E-state index contributed by atoms with van der Waals surface area (Å²) in [5.74, 6) is -0.459. The number of hydrogen-bond acceptors (Lipinski definition) is 2. The first-order chi connectivity index (χ1) is 9.77. The van der Waals surface area contributed by atoms with E-state index in [0.717, 1.165) is 11.8 Å². The molecule has 0 aliphatic heterocycles. The fourth-order valence-electron chi connectivity index (χ4n) is 2.28. The molecule has 1 atom stereocenters. The number of nitrogens with one attached hydrogen (secondary N) is 1. The van der Waals surface area contributed by atoms with Crippen LogP contribution in [0.2, 0.25) is 0 Å². The smallest absolute Gasteiger partial charge is 0.126 e. The standard InChI is InChI=1S/C18H22FNO/c1-12(16-10-7-14(19)11-17(16)21)20-15-8-5-13(6-9-15)18(2,3)4/h5-12,20-21H,1-4H3. The topological polar surface area (TPSA) is 32.3 Å². The van der Waals surface area contributed by atoms with Crippen molar-refractivity contribution in [2.75, 3.05) is 5.32 Å². The molecule has 2 rings (SSSR count). The minimum atomic E-state index is -0.432. The van der Waals surface area contributed by atoms with E-state index >= 15 is 0 Å². The van der Waals surface area contributed by atoms with Crippen molar-refractivity contribution in [2.45, 2.75) is 39.2 Å². The Morgan fingerprint density at radius 3 is 2.19 bits per heavy atom. The molecular formula is C18H22FNO. The molecule has 3 heteroatoms. The van der Waals surface area contributed by atoms with E-state index in [1.807, 2.05) is 19.1 Å². The number of halogens is 1. The average molecular weight is 287 g/mol. The lowest BCUT2D eigenvalue weighted by Gasteiger charge is -2.21. The SMILES string of the molecule is CC(Nc1ccc(C(C)(C)C)cc1)c1ccc(F)cc1O. The highest BCUT2D eigenvalue weighted by molar-refractivity contribution is 5.49. The first kappa shape index (κ1) is 15.4. The van der Waals surface area contributed by atoms with Crippen LogP contribution in [0, 0.1) is 5.82 Å². The van der Waals surface area contributed by atoms with Crippen LogP contribution in [0.1, 0.15) is 44.9 Å². The lowest BCUT2D eigenvalue weighted by Crippen LogP contribution is -2.11. The van der Waals surface area contributed by atoms with Gasteiger partial charge in [0.1, 0.15) is 11.6 Å². The van der Waals surface area contributed by atoms with E-state index in [-0.39, 0.29) is 17.2 Å². The lowest BCUT2D eigenvalue weighted by atomic mass is 9.87. The second-order valence-electron chi connectivity index (χ2n) is 6.40. The highest BCUT2D eigenvalue weighted by Gasteiger charge is 2.14. The van der Waals surface area contributed by atoms with Crippen LogP contribution in [-0.4, -0.2) is 5.11 Å². The van der Waals surface area contributed by atoms with Gasteiger partial charge in [0.25, 0.3) is 0 Å². The maximum Gasteiger partial charge on any atom is 0.126 e. The third-order valence-electron chi connectivity index (χ3n) is 3.59. The van der Waals surface area contributed by atoms with E-state index < -0.39 is 5.82 Å². The van der Waals surface area contributed by atoms with Crippen LogP contribution in [0.15, 0.2) is 42.5 Å². The molecule has 2 aromatic rings. The summed E-state index contributed by atoms with van der Waals surface area (Å²) >= 11 is 0. The Hall–Kier alpha value is -2.03. The van der Waals surface area contributed by atoms with Crippen molar-refractivity contribution < 1.29 is 9.50 Å². The second kappa shape index (κ2) is 5.76. The quantitative estimate of drug-likeness (QED) is 0.832. The average Bonchev–Trinajstić information content (AvgIpc) is 2.38. The van der Waals surface area contributed by atoms with Gasteiger partial charge in [0.15, 0.2) is 0 Å². The first-order valence-electron chi connectivity index (χ1n) is 7.13. The largest absolute Gasteiger partial charge is 0.507 e. The zero-order valence-corrected chi connectivity index (χ0v) is 12.9. The van der Waals surface area contributed by atoms with Crippen molar-refractivity contribution in [1.29, 1.82) is 0 Å². The van der Waals surface area contributed by atoms with Crippen molar-refractivity contribution in [1.82, 2.24) is 0 Å². The summed E-state index contributed by atoms with van der Waals surface area (Å²) in [5.41, 5.74) is 3.04. The van der Waals surface area contributed by atoms with Crippen LogP contribution in [0.25, 0.3) is 0 Å². The van der Waals surface area contributed by atoms with Crippen molar-refractivity contribution in [2.24, 2.45) is 0 Å². The van der Waals surface area contributed by atoms with Crippen LogP contribution in [0.4, 0.5) is 10.1 Å². The molecule has 0 aromatic heterocycles. The summed E-state index contributed by atoms with van der Waals surface area (Å²) in [6.07, 6.45) is 0. The van der Waals surface area contributed by atoms with Gasteiger partial charge in [-0.1, -0.05) is 39.0 Å². The molecular weight excluding hydrogens is 265 g/mol. The molecule has 2 nitrogen and oxygen atoms in total. The van der Waals surface area contributed by atoms with Gasteiger partial charge in [-0.2, -0.15) is 0 Å². The maximum absolute atomic E-state index is 13.0. The molecule has 0 heterocycles. The molecule has 0 fully saturated rings. The number of anilines is 1. The van der Waals surface area contributed by atoms with Gasteiger partial charge in [-0.3, -0.25) is 0 Å². The van der Waals surface area contributed by atoms with Crippen molar-refractivity contribution >= 4 is 5.69 Å². The van der Waals surface area contributed by atoms with E-state index in [9.17, 15) is 9.50 Å². The van der Waals surface area contributed by atoms with Crippen LogP contribution in [-0.2, 0) is 5.41 Å². The monoisotopic (exact) mass is 287 g/mol. The molecule has 112 valence electrons. The summed E-state index contributed by atoms with van der Waals surface area (Å²) in [4.78, 5) is 0. The zero-order valence-electron chi connectivity index (χ0n) is 12.9. The fourth-order valence-corrected chi connectivity index (χ4v) is 2.28. The van der Waals surface area contributed by atoms with E-state index in [4.69, 9.17) is 0 Å². The molecule has 21 heavy (non-hydrogen) atoms. The van der Waals surface area contributed by atoms with E-state index in [1.54, 1.807) is 6.07 Å². The minimum Gasteiger partial charge on any atom is -0.507 e. The van der Waals surface area contributed by atoms with Gasteiger partial charge >= 0.3 is 0 Å². The van der Waals surface area contributed by atoms with Gasteiger partial charge in [0.05, 0.1) is 6.04 Å². The van der Waals surface area contributed by atoms with Crippen molar-refractivity contribution in [3.63, 3.8) is 0 Å². The highest BCUT2D eigenvalue weighted by Crippen LogP contribution is 2.29. The zero-order chi connectivity index (χ0) is 15.6. The number of phenolic OH excluding ortho intramolecular Hbond substituents is 1. The molecule has 2 aromatic carbocycles. The van der Waals surface area contributed by atoms with Crippen LogP contribution in [0.3, 0.4) is 0 Å². The molecule has 0 aliphatic carbocycles. The van der Waals surface area contributed by atoms with E-state index in [2.05, 4.69) is 38.2 Å². The normalized spacial score (nSPS) is 13.0. The Balaban J connectivity index is 2.14. The number of hydrogen-bond donors (Lipinski definition) is 2. The summed E-state index contributed by atoms with van der Waals surface area (Å²) in [5, 5.41) is 13.1. The molecule has 2 N–H and O–H groups in total. The molecule has 0 bridgehead atoms. The maximum atomic E-state index is 13.0. The molecule has 0 radical (unpaired) electrons. The third kappa shape index (κ3) is 3.75. The minimum absolute atomic E-state index is 0.0266. The fraction of sp³-hybridized carbons (Fsp3) is 0.333. The number of aromatic hydroxyl groups is 1. The Morgan fingerprint density at radius 2 is 1.67 bits per heavy atom. The van der Waals surface area contributed by atoms with Crippen LogP contribution >= 0.6 is 0 Å². The molecule has 1 unspecified atom stereocenters. The highest BCUT2D eigenvalue weighted by atomic mass is 19.1. The van der Waals surface area contributed by atoms with Gasteiger partial charge < -0.3 is 10.4 Å². The summed E-state index contributed by atoms with van der Waals surface area (Å²) < 4.78 is 13.0. The number of rotatable bonds is 3. The molecule has 0 saturated carbocycles. The Morgan fingerprint density at radius 1 is 1.05 bits per heavy atom. The van der Waals surface area contributed by atoms with Crippen molar-refractivity contribution in [3.8, 4) is 5.75 Å². The van der Waals surface area contributed by atoms with Gasteiger partial charge in [0, 0.05) is 17.3 Å². The summed E-state index contributed by atoms with van der Waals surface area (Å²) in [6, 6.07) is 12.2. The lowest BCUT2D eigenvalue weighted by molar-refractivity contribution is 0.459. The van der Waals surface area contributed by atoms with E-state index in [1.165, 1.54) is 11.6 Å².